The van der Waals surface area contributed by atoms with Crippen LogP contribution in [0.2, 0.25) is 5.02 Å². The predicted molar refractivity (Wildman–Crippen MR) is 133 cm³/mol. The molecule has 0 spiro atoms. The second kappa shape index (κ2) is 9.52. The number of carbonyl (C=O) groups excluding carboxylic acids is 2. The summed E-state index contributed by atoms with van der Waals surface area (Å²) in [5.41, 5.74) is 2.84. The van der Waals surface area contributed by atoms with Crippen molar-refractivity contribution >= 4 is 40.2 Å². The highest BCUT2D eigenvalue weighted by Crippen LogP contribution is 2.26. The first-order valence-electron chi connectivity index (χ1n) is 11.3. The SMILES string of the molecule is CN(C)Cc1nccn1-c1ccc(N2CC(CNC(=O)c3nc4cc(Cl)ccc4o3)CC2=O)cc1. The van der Waals surface area contributed by atoms with Crippen LogP contribution in [0.15, 0.2) is 59.3 Å². The Labute approximate surface area is 207 Å². The van der Waals surface area contributed by atoms with Gasteiger partial charge in [-0.2, -0.15) is 0 Å². The number of nitrogens with zero attached hydrogens (tertiary/aromatic N) is 5. The molecule has 4 aromatic rings. The fraction of sp³-hybridized carbons (Fsp3) is 0.280. The average molecular weight is 493 g/mol. The molecule has 10 heteroatoms. The number of imidazole rings is 1. The number of halogens is 1. The first-order valence-corrected chi connectivity index (χ1v) is 11.7. The number of fused-ring (bicyclic) bond motifs is 1. The molecule has 0 bridgehead atoms. The summed E-state index contributed by atoms with van der Waals surface area (Å²) < 4.78 is 7.55. The summed E-state index contributed by atoms with van der Waals surface area (Å²) >= 11 is 5.97. The molecular formula is C25H25ClN6O3. The van der Waals surface area contributed by atoms with Gasteiger partial charge in [0.2, 0.25) is 5.91 Å². The van der Waals surface area contributed by atoms with Gasteiger partial charge in [-0.3, -0.25) is 9.59 Å². The Morgan fingerprint density at radius 2 is 1.97 bits per heavy atom. The van der Waals surface area contributed by atoms with Gasteiger partial charge in [0.05, 0.1) is 6.54 Å². The topological polar surface area (TPSA) is 96.5 Å². The maximum atomic E-state index is 12.7. The molecule has 3 heterocycles. The number of hydrogen-bond donors (Lipinski definition) is 1. The lowest BCUT2D eigenvalue weighted by atomic mass is 10.1. The molecule has 1 fully saturated rings. The molecule has 2 amide bonds. The van der Waals surface area contributed by atoms with Crippen LogP contribution in [0.3, 0.4) is 0 Å². The largest absolute Gasteiger partial charge is 0.432 e. The summed E-state index contributed by atoms with van der Waals surface area (Å²) in [6.07, 6.45) is 4.07. The lowest BCUT2D eigenvalue weighted by Gasteiger charge is -2.18. The van der Waals surface area contributed by atoms with E-state index in [1.54, 1.807) is 29.3 Å². The van der Waals surface area contributed by atoms with Crippen molar-refractivity contribution in [1.29, 1.82) is 0 Å². The summed E-state index contributed by atoms with van der Waals surface area (Å²) in [6.45, 7) is 1.60. The van der Waals surface area contributed by atoms with Gasteiger partial charge in [-0.25, -0.2) is 9.97 Å². The quantitative estimate of drug-likeness (QED) is 0.424. The molecule has 0 radical (unpaired) electrons. The molecule has 35 heavy (non-hydrogen) atoms. The normalized spacial score (nSPS) is 15.9. The molecule has 9 nitrogen and oxygen atoms in total. The predicted octanol–water partition coefficient (Wildman–Crippen LogP) is 3.51. The lowest BCUT2D eigenvalue weighted by molar-refractivity contribution is -0.117. The molecule has 1 aliphatic heterocycles. The van der Waals surface area contributed by atoms with E-state index in [4.69, 9.17) is 16.0 Å². The smallest absolute Gasteiger partial charge is 0.307 e. The van der Waals surface area contributed by atoms with E-state index in [2.05, 4.69) is 20.2 Å². The number of anilines is 1. The van der Waals surface area contributed by atoms with E-state index >= 15 is 0 Å². The second-order valence-corrected chi connectivity index (χ2v) is 9.32. The molecular weight excluding hydrogens is 468 g/mol. The van der Waals surface area contributed by atoms with Gasteiger partial charge in [-0.1, -0.05) is 11.6 Å². The Morgan fingerprint density at radius 3 is 2.74 bits per heavy atom. The Hall–Kier alpha value is -3.69. The maximum Gasteiger partial charge on any atom is 0.307 e. The van der Waals surface area contributed by atoms with Gasteiger partial charge in [-0.15, -0.1) is 0 Å². The zero-order valence-electron chi connectivity index (χ0n) is 19.4. The van der Waals surface area contributed by atoms with Crippen molar-refractivity contribution in [3.63, 3.8) is 0 Å². The lowest BCUT2D eigenvalue weighted by Crippen LogP contribution is -2.31. The van der Waals surface area contributed by atoms with Gasteiger partial charge in [0.1, 0.15) is 11.3 Å². The van der Waals surface area contributed by atoms with Gasteiger partial charge in [0, 0.05) is 54.2 Å². The minimum Gasteiger partial charge on any atom is -0.432 e. The standard InChI is InChI=1S/C25H25ClN6O3/c1-30(2)15-22-27-9-10-31(22)18-4-6-19(7-5-18)32-14-16(11-23(32)33)13-28-24(34)25-29-20-12-17(26)3-8-21(20)35-25/h3-10,12,16H,11,13-15H2,1-2H3,(H,28,34). The van der Waals surface area contributed by atoms with Gasteiger partial charge in [-0.05, 0) is 56.6 Å². The zero-order chi connectivity index (χ0) is 24.5. The summed E-state index contributed by atoms with van der Waals surface area (Å²) in [6, 6.07) is 12.9. The average Bonchev–Trinajstić information content (AvgIpc) is 3.55. The van der Waals surface area contributed by atoms with Crippen LogP contribution in [0, 0.1) is 5.92 Å². The van der Waals surface area contributed by atoms with Crippen LogP contribution in [0.4, 0.5) is 5.69 Å². The van der Waals surface area contributed by atoms with Gasteiger partial charge in [0.25, 0.3) is 5.89 Å². The molecule has 2 aromatic carbocycles. The first kappa shape index (κ1) is 23.1. The van der Waals surface area contributed by atoms with Crippen LogP contribution in [0.1, 0.15) is 22.9 Å². The van der Waals surface area contributed by atoms with Crippen LogP contribution in [-0.2, 0) is 11.3 Å². The van der Waals surface area contributed by atoms with E-state index in [0.29, 0.717) is 35.6 Å². The highest BCUT2D eigenvalue weighted by molar-refractivity contribution is 6.31. The van der Waals surface area contributed by atoms with Crippen LogP contribution in [-0.4, -0.2) is 58.4 Å². The number of carbonyl (C=O) groups is 2. The number of nitrogens with one attached hydrogen (secondary N) is 1. The van der Waals surface area contributed by atoms with E-state index in [1.165, 1.54) is 0 Å². The highest BCUT2D eigenvalue weighted by atomic mass is 35.5. The molecule has 5 rings (SSSR count). The van der Waals surface area contributed by atoms with Gasteiger partial charge in [0.15, 0.2) is 5.58 Å². The molecule has 180 valence electrons. The number of benzene rings is 2. The molecule has 0 saturated carbocycles. The summed E-state index contributed by atoms with van der Waals surface area (Å²) in [5, 5.41) is 3.36. The van der Waals surface area contributed by atoms with E-state index in [1.807, 2.05) is 49.1 Å². The number of oxazole rings is 1. The fourth-order valence-electron chi connectivity index (χ4n) is 4.24. The molecule has 1 atom stereocenters. The van der Waals surface area contributed by atoms with E-state index in [9.17, 15) is 9.59 Å². The monoisotopic (exact) mass is 492 g/mol. The fourth-order valence-corrected chi connectivity index (χ4v) is 4.41. The summed E-state index contributed by atoms with van der Waals surface area (Å²) in [4.78, 5) is 37.7. The minimum absolute atomic E-state index is 0.00899. The van der Waals surface area contributed by atoms with Crippen molar-refractivity contribution in [2.24, 2.45) is 5.92 Å². The second-order valence-electron chi connectivity index (χ2n) is 8.88. The zero-order valence-corrected chi connectivity index (χ0v) is 20.2. The number of rotatable bonds is 7. The van der Waals surface area contributed by atoms with E-state index < -0.39 is 5.91 Å². The van der Waals surface area contributed by atoms with Crippen molar-refractivity contribution < 1.29 is 14.0 Å². The third-order valence-electron chi connectivity index (χ3n) is 5.91. The summed E-state index contributed by atoms with van der Waals surface area (Å²) in [5.74, 6) is 0.529. The van der Waals surface area contributed by atoms with Crippen molar-refractivity contribution in [3.8, 4) is 5.69 Å². The third kappa shape index (κ3) is 4.91. The molecule has 1 N–H and O–H groups in total. The third-order valence-corrected chi connectivity index (χ3v) is 6.15. The summed E-state index contributed by atoms with van der Waals surface area (Å²) in [7, 11) is 4.01. The Bertz CT molecular complexity index is 1380. The molecule has 0 aliphatic carbocycles. The van der Waals surface area contributed by atoms with E-state index in [-0.39, 0.29) is 17.7 Å². The van der Waals surface area contributed by atoms with Gasteiger partial charge < -0.3 is 24.1 Å². The van der Waals surface area contributed by atoms with Crippen molar-refractivity contribution in [2.75, 3.05) is 32.1 Å². The number of hydrogen-bond acceptors (Lipinski definition) is 6. The van der Waals surface area contributed by atoms with Crippen molar-refractivity contribution in [3.05, 3.63) is 71.6 Å². The van der Waals surface area contributed by atoms with Crippen molar-refractivity contribution in [1.82, 2.24) is 24.8 Å². The highest BCUT2D eigenvalue weighted by Gasteiger charge is 2.31. The maximum absolute atomic E-state index is 12.7. The Balaban J connectivity index is 1.21. The van der Waals surface area contributed by atoms with E-state index in [0.717, 1.165) is 23.7 Å². The van der Waals surface area contributed by atoms with Crippen molar-refractivity contribution in [2.45, 2.75) is 13.0 Å². The van der Waals surface area contributed by atoms with Crippen LogP contribution in [0.5, 0.6) is 0 Å². The van der Waals surface area contributed by atoms with Gasteiger partial charge >= 0.3 is 5.91 Å². The Kier molecular flexibility index (Phi) is 6.27. The minimum atomic E-state index is -0.415. The molecule has 1 aliphatic rings. The molecule has 2 aromatic heterocycles. The van der Waals surface area contributed by atoms with Crippen LogP contribution < -0.4 is 10.2 Å². The molecule has 1 saturated heterocycles. The Morgan fingerprint density at radius 1 is 1.20 bits per heavy atom. The number of amides is 2. The van der Waals surface area contributed by atoms with Crippen LogP contribution in [0.25, 0.3) is 16.8 Å². The number of aromatic nitrogens is 3. The van der Waals surface area contributed by atoms with Crippen LogP contribution >= 0.6 is 11.6 Å². The first-order chi connectivity index (χ1) is 16.9. The molecule has 1 unspecified atom stereocenters.